The average molecular weight is 485 g/mol. The molecule has 3 unspecified atom stereocenters. The van der Waals surface area contributed by atoms with Crippen LogP contribution in [0.3, 0.4) is 0 Å². The molecular formula is C25H28N2O6S. The number of alkyl carbamates (subject to hydrolysis) is 1. The molecule has 34 heavy (non-hydrogen) atoms. The smallest absolute Gasteiger partial charge is 0.407 e. The van der Waals surface area contributed by atoms with Crippen molar-refractivity contribution in [2.24, 2.45) is 5.92 Å². The van der Waals surface area contributed by atoms with Crippen molar-refractivity contribution in [2.75, 3.05) is 31.8 Å². The third-order valence-corrected chi connectivity index (χ3v) is 6.93. The number of amides is 2. The SMILES string of the molecule is CSCCC(NC(=O)OCC1c2ccccc2-c2ccccc21)C(=O)NC1COCC1C(=O)O. The summed E-state index contributed by atoms with van der Waals surface area (Å²) in [6, 6.07) is 14.7. The Bertz CT molecular complexity index is 1020. The zero-order valence-corrected chi connectivity index (χ0v) is 19.7. The Morgan fingerprint density at radius 2 is 1.74 bits per heavy atom. The van der Waals surface area contributed by atoms with Crippen LogP contribution in [0, 0.1) is 5.92 Å². The predicted molar refractivity (Wildman–Crippen MR) is 129 cm³/mol. The average Bonchev–Trinajstić information content (AvgIpc) is 3.43. The molecule has 1 aliphatic heterocycles. The number of aliphatic carboxylic acids is 1. The van der Waals surface area contributed by atoms with Crippen molar-refractivity contribution in [3.63, 3.8) is 0 Å². The Balaban J connectivity index is 1.39. The van der Waals surface area contributed by atoms with Gasteiger partial charge >= 0.3 is 12.1 Å². The van der Waals surface area contributed by atoms with Crippen molar-refractivity contribution in [3.05, 3.63) is 59.7 Å². The molecule has 1 aliphatic carbocycles. The largest absolute Gasteiger partial charge is 0.481 e. The van der Waals surface area contributed by atoms with E-state index in [2.05, 4.69) is 22.8 Å². The zero-order valence-electron chi connectivity index (χ0n) is 18.9. The number of ether oxygens (including phenoxy) is 2. The van der Waals surface area contributed by atoms with Crippen LogP contribution in [0.1, 0.15) is 23.5 Å². The number of hydrogen-bond donors (Lipinski definition) is 3. The molecule has 9 heteroatoms. The van der Waals surface area contributed by atoms with Crippen LogP contribution in [0.25, 0.3) is 11.1 Å². The molecule has 2 aromatic rings. The molecule has 2 aromatic carbocycles. The highest BCUT2D eigenvalue weighted by molar-refractivity contribution is 7.98. The van der Waals surface area contributed by atoms with Crippen LogP contribution in [0.5, 0.6) is 0 Å². The minimum atomic E-state index is -1.02. The summed E-state index contributed by atoms with van der Waals surface area (Å²) < 4.78 is 10.8. The highest BCUT2D eigenvalue weighted by Gasteiger charge is 2.36. The summed E-state index contributed by atoms with van der Waals surface area (Å²) in [5.41, 5.74) is 4.48. The van der Waals surface area contributed by atoms with Crippen molar-refractivity contribution in [1.29, 1.82) is 0 Å². The van der Waals surface area contributed by atoms with Gasteiger partial charge in [-0.15, -0.1) is 0 Å². The first kappa shape index (κ1) is 24.1. The van der Waals surface area contributed by atoms with E-state index in [1.54, 1.807) is 11.8 Å². The maximum atomic E-state index is 12.9. The van der Waals surface area contributed by atoms with E-state index in [1.165, 1.54) is 0 Å². The van der Waals surface area contributed by atoms with Crippen LogP contribution >= 0.6 is 11.8 Å². The second-order valence-corrected chi connectivity index (χ2v) is 9.39. The first-order valence-corrected chi connectivity index (χ1v) is 12.6. The van der Waals surface area contributed by atoms with Crippen molar-refractivity contribution < 1.29 is 29.0 Å². The number of benzene rings is 2. The van der Waals surface area contributed by atoms with E-state index in [0.717, 1.165) is 22.3 Å². The third-order valence-electron chi connectivity index (χ3n) is 6.29. The lowest BCUT2D eigenvalue weighted by atomic mass is 9.98. The summed E-state index contributed by atoms with van der Waals surface area (Å²) in [5, 5.41) is 14.7. The molecule has 2 amide bonds. The first-order chi connectivity index (χ1) is 16.5. The lowest BCUT2D eigenvalue weighted by molar-refractivity contribution is -0.142. The van der Waals surface area contributed by atoms with Crippen molar-refractivity contribution >= 4 is 29.7 Å². The van der Waals surface area contributed by atoms with E-state index in [1.807, 2.05) is 42.7 Å². The van der Waals surface area contributed by atoms with Gasteiger partial charge in [0.1, 0.15) is 18.6 Å². The fourth-order valence-corrected chi connectivity index (χ4v) is 4.98. The minimum absolute atomic E-state index is 0.0512. The van der Waals surface area contributed by atoms with Crippen LogP contribution in [-0.4, -0.2) is 67.0 Å². The molecule has 0 radical (unpaired) electrons. The molecular weight excluding hydrogens is 456 g/mol. The summed E-state index contributed by atoms with van der Waals surface area (Å²) >= 11 is 1.55. The van der Waals surface area contributed by atoms with Gasteiger partial charge in [0.05, 0.1) is 19.3 Å². The van der Waals surface area contributed by atoms with Gasteiger partial charge in [-0.05, 0) is 40.7 Å². The lowest BCUT2D eigenvalue weighted by Crippen LogP contribution is -2.52. The molecule has 0 bridgehead atoms. The Morgan fingerprint density at radius 3 is 2.35 bits per heavy atom. The fourth-order valence-electron chi connectivity index (χ4n) is 4.51. The number of carbonyl (C=O) groups is 3. The standard InChI is InChI=1S/C25H28N2O6S/c1-34-11-10-21(23(28)26-22-14-32-12-20(22)24(29)30)27-25(31)33-13-19-17-8-4-2-6-15(17)16-7-3-5-9-18(16)19/h2-9,19-22H,10-14H2,1H3,(H,26,28)(H,27,31)(H,29,30). The molecule has 2 aliphatic rings. The van der Waals surface area contributed by atoms with E-state index < -0.39 is 36.0 Å². The molecule has 0 spiro atoms. The molecule has 4 rings (SSSR count). The van der Waals surface area contributed by atoms with Gasteiger partial charge in [-0.2, -0.15) is 11.8 Å². The van der Waals surface area contributed by atoms with Crippen LogP contribution in [0.15, 0.2) is 48.5 Å². The molecule has 8 nitrogen and oxygen atoms in total. The maximum absolute atomic E-state index is 12.9. The van der Waals surface area contributed by atoms with Crippen molar-refractivity contribution in [2.45, 2.75) is 24.4 Å². The fraction of sp³-hybridized carbons (Fsp3) is 0.400. The summed E-state index contributed by atoms with van der Waals surface area (Å²) in [7, 11) is 0. The van der Waals surface area contributed by atoms with Gasteiger partial charge in [0.15, 0.2) is 0 Å². The van der Waals surface area contributed by atoms with E-state index >= 15 is 0 Å². The van der Waals surface area contributed by atoms with Crippen LogP contribution < -0.4 is 10.6 Å². The number of nitrogens with one attached hydrogen (secondary N) is 2. The highest BCUT2D eigenvalue weighted by atomic mass is 32.2. The highest BCUT2D eigenvalue weighted by Crippen LogP contribution is 2.44. The van der Waals surface area contributed by atoms with E-state index in [4.69, 9.17) is 9.47 Å². The molecule has 1 fully saturated rings. The lowest BCUT2D eigenvalue weighted by Gasteiger charge is -2.22. The van der Waals surface area contributed by atoms with Crippen molar-refractivity contribution in [3.8, 4) is 11.1 Å². The number of carboxylic acid groups (broad SMARTS) is 1. The summed E-state index contributed by atoms with van der Waals surface area (Å²) in [5.74, 6) is -1.70. The molecule has 3 N–H and O–H groups in total. The number of thioether (sulfide) groups is 1. The molecule has 0 saturated carbocycles. The van der Waals surface area contributed by atoms with E-state index in [-0.39, 0.29) is 25.7 Å². The van der Waals surface area contributed by atoms with Gasteiger partial charge in [0.2, 0.25) is 5.91 Å². The summed E-state index contributed by atoms with van der Waals surface area (Å²) in [6.45, 7) is 0.326. The van der Waals surface area contributed by atoms with Gasteiger partial charge < -0.3 is 25.2 Å². The molecule has 0 aromatic heterocycles. The van der Waals surface area contributed by atoms with Gasteiger partial charge in [0.25, 0.3) is 0 Å². The first-order valence-electron chi connectivity index (χ1n) is 11.2. The van der Waals surface area contributed by atoms with Crippen molar-refractivity contribution in [1.82, 2.24) is 10.6 Å². The second-order valence-electron chi connectivity index (χ2n) is 8.40. The Labute approximate surface area is 202 Å². The monoisotopic (exact) mass is 484 g/mol. The third kappa shape index (κ3) is 5.20. The number of carbonyl (C=O) groups excluding carboxylic acids is 2. The normalized spacial score (nSPS) is 19.7. The Morgan fingerprint density at radius 1 is 1.09 bits per heavy atom. The number of carboxylic acids is 1. The summed E-state index contributed by atoms with van der Waals surface area (Å²) in [4.78, 5) is 36.9. The molecule has 180 valence electrons. The molecule has 1 saturated heterocycles. The van der Waals surface area contributed by atoms with Gasteiger partial charge in [-0.1, -0.05) is 48.5 Å². The van der Waals surface area contributed by atoms with Crippen LogP contribution in [0.4, 0.5) is 4.79 Å². The van der Waals surface area contributed by atoms with E-state index in [0.29, 0.717) is 12.2 Å². The number of fused-ring (bicyclic) bond motifs is 3. The Hall–Kier alpha value is -3.04. The zero-order chi connectivity index (χ0) is 24.1. The predicted octanol–water partition coefficient (Wildman–Crippen LogP) is 2.86. The van der Waals surface area contributed by atoms with E-state index in [9.17, 15) is 19.5 Å². The molecule has 3 atom stereocenters. The van der Waals surface area contributed by atoms with Crippen LogP contribution in [-0.2, 0) is 19.1 Å². The van der Waals surface area contributed by atoms with Gasteiger partial charge in [-0.3, -0.25) is 9.59 Å². The van der Waals surface area contributed by atoms with Gasteiger partial charge in [0, 0.05) is 5.92 Å². The number of hydrogen-bond acceptors (Lipinski definition) is 6. The van der Waals surface area contributed by atoms with Gasteiger partial charge in [-0.25, -0.2) is 4.79 Å². The maximum Gasteiger partial charge on any atom is 0.407 e. The topological polar surface area (TPSA) is 114 Å². The molecule has 1 heterocycles. The minimum Gasteiger partial charge on any atom is -0.481 e. The Kier molecular flexibility index (Phi) is 7.74. The van der Waals surface area contributed by atoms with Crippen LogP contribution in [0.2, 0.25) is 0 Å². The number of rotatable bonds is 9. The second kappa shape index (κ2) is 10.9. The quantitative estimate of drug-likeness (QED) is 0.501. The summed E-state index contributed by atoms with van der Waals surface area (Å²) in [6.07, 6.45) is 1.62.